The molecule has 0 unspecified atom stereocenters. The van der Waals surface area contributed by atoms with Crippen LogP contribution in [0.25, 0.3) is 0 Å². The van der Waals surface area contributed by atoms with E-state index in [1.165, 1.54) is 17.9 Å². The summed E-state index contributed by atoms with van der Waals surface area (Å²) in [6, 6.07) is 0.787. The number of nitrogens with zero attached hydrogens (tertiary/aromatic N) is 2. The van der Waals surface area contributed by atoms with E-state index in [0.717, 1.165) is 38.5 Å². The van der Waals surface area contributed by atoms with E-state index in [1.807, 2.05) is 11.9 Å². The maximum Gasteiger partial charge on any atom is 0.248 e. The van der Waals surface area contributed by atoms with Gasteiger partial charge in [-0.15, -0.1) is 0 Å². The first kappa shape index (κ1) is 12.8. The van der Waals surface area contributed by atoms with Crippen molar-refractivity contribution in [3.05, 3.63) is 0 Å². The molecule has 3 fully saturated rings. The second-order valence-corrected chi connectivity index (χ2v) is 6.92. The Labute approximate surface area is 113 Å². The quantitative estimate of drug-likeness (QED) is 0.706. The summed E-state index contributed by atoms with van der Waals surface area (Å²) in [7, 11) is 1.90. The lowest BCUT2D eigenvalue weighted by Gasteiger charge is -2.47. The molecule has 102 valence electrons. The van der Waals surface area contributed by atoms with Gasteiger partial charge in [0, 0.05) is 38.5 Å². The Morgan fingerprint density at radius 1 is 1.39 bits per heavy atom. The standard InChI is InChI=1S/C13H22N2O2S/c1-14-10-13(17-8-12(14)16)3-5-15(6-4-13)11-2-7-18-9-11/h11H,2-10H2,1H3/t11-/m1/s1. The van der Waals surface area contributed by atoms with Gasteiger partial charge in [-0.1, -0.05) is 0 Å². The topological polar surface area (TPSA) is 32.8 Å². The van der Waals surface area contributed by atoms with E-state index in [1.54, 1.807) is 0 Å². The lowest BCUT2D eigenvalue weighted by molar-refractivity contribution is -0.169. The van der Waals surface area contributed by atoms with Crippen molar-refractivity contribution in [1.82, 2.24) is 9.80 Å². The lowest BCUT2D eigenvalue weighted by Crippen LogP contribution is -2.58. The van der Waals surface area contributed by atoms with Crippen LogP contribution in [0.3, 0.4) is 0 Å². The molecule has 3 heterocycles. The van der Waals surface area contributed by atoms with Crippen molar-refractivity contribution in [2.75, 3.05) is 44.8 Å². The molecule has 1 amide bonds. The average molecular weight is 270 g/mol. The predicted octanol–water partition coefficient (Wildman–Crippen LogP) is 0.815. The third-order valence-electron chi connectivity index (χ3n) is 4.58. The van der Waals surface area contributed by atoms with Gasteiger partial charge in [-0.25, -0.2) is 0 Å². The Morgan fingerprint density at radius 3 is 2.78 bits per heavy atom. The van der Waals surface area contributed by atoms with Crippen LogP contribution in [0.2, 0.25) is 0 Å². The zero-order valence-corrected chi connectivity index (χ0v) is 11.9. The smallest absolute Gasteiger partial charge is 0.248 e. The SMILES string of the molecule is CN1CC2(CCN([C@@H]3CCSC3)CC2)OCC1=O. The van der Waals surface area contributed by atoms with Crippen molar-refractivity contribution in [2.24, 2.45) is 0 Å². The molecular formula is C13H22N2O2S. The molecule has 0 aromatic heterocycles. The second kappa shape index (κ2) is 5.02. The van der Waals surface area contributed by atoms with E-state index in [4.69, 9.17) is 4.74 Å². The molecule has 0 saturated carbocycles. The number of likely N-dealkylation sites (tertiary alicyclic amines) is 1. The van der Waals surface area contributed by atoms with Gasteiger partial charge in [0.05, 0.1) is 5.60 Å². The average Bonchev–Trinajstić information content (AvgIpc) is 2.89. The number of hydrogen-bond donors (Lipinski definition) is 0. The summed E-state index contributed by atoms with van der Waals surface area (Å²) in [6.45, 7) is 3.31. The molecule has 18 heavy (non-hydrogen) atoms. The maximum atomic E-state index is 11.5. The molecule has 0 aliphatic carbocycles. The molecule has 3 rings (SSSR count). The van der Waals surface area contributed by atoms with Crippen molar-refractivity contribution in [1.29, 1.82) is 0 Å². The van der Waals surface area contributed by atoms with E-state index < -0.39 is 0 Å². The number of thioether (sulfide) groups is 1. The van der Waals surface area contributed by atoms with Gasteiger partial charge in [0.1, 0.15) is 6.61 Å². The number of morpholine rings is 1. The Morgan fingerprint density at radius 2 is 2.17 bits per heavy atom. The molecule has 0 aromatic rings. The highest BCUT2D eigenvalue weighted by Crippen LogP contribution is 2.33. The van der Waals surface area contributed by atoms with E-state index in [2.05, 4.69) is 16.7 Å². The highest BCUT2D eigenvalue weighted by Gasteiger charge is 2.42. The molecule has 3 saturated heterocycles. The van der Waals surface area contributed by atoms with Gasteiger partial charge in [-0.05, 0) is 25.0 Å². The van der Waals surface area contributed by atoms with Crippen LogP contribution in [0.1, 0.15) is 19.3 Å². The fourth-order valence-corrected chi connectivity index (χ4v) is 4.56. The van der Waals surface area contributed by atoms with Crippen LogP contribution in [-0.2, 0) is 9.53 Å². The minimum absolute atomic E-state index is 0.0507. The largest absolute Gasteiger partial charge is 0.363 e. The fourth-order valence-electron chi connectivity index (χ4n) is 3.30. The first-order valence-electron chi connectivity index (χ1n) is 6.88. The van der Waals surface area contributed by atoms with Gasteiger partial charge >= 0.3 is 0 Å². The van der Waals surface area contributed by atoms with Crippen molar-refractivity contribution in [3.8, 4) is 0 Å². The number of likely N-dealkylation sites (N-methyl/N-ethyl adjacent to an activating group) is 1. The monoisotopic (exact) mass is 270 g/mol. The minimum Gasteiger partial charge on any atom is -0.363 e. The molecule has 3 aliphatic rings. The summed E-state index contributed by atoms with van der Waals surface area (Å²) in [5, 5.41) is 0. The van der Waals surface area contributed by atoms with E-state index >= 15 is 0 Å². The van der Waals surface area contributed by atoms with Crippen molar-refractivity contribution >= 4 is 17.7 Å². The number of carbonyl (C=O) groups excluding carboxylic acids is 1. The van der Waals surface area contributed by atoms with E-state index in [9.17, 15) is 4.79 Å². The van der Waals surface area contributed by atoms with Gasteiger partial charge in [0.25, 0.3) is 0 Å². The number of hydrogen-bond acceptors (Lipinski definition) is 4. The van der Waals surface area contributed by atoms with Crippen LogP contribution < -0.4 is 0 Å². The molecule has 0 radical (unpaired) electrons. The Balaban J connectivity index is 1.57. The summed E-state index contributed by atoms with van der Waals surface area (Å²) in [4.78, 5) is 15.9. The molecule has 1 atom stereocenters. The summed E-state index contributed by atoms with van der Waals surface area (Å²) in [6.07, 6.45) is 3.49. The maximum absolute atomic E-state index is 11.5. The van der Waals surface area contributed by atoms with Crippen LogP contribution in [0.15, 0.2) is 0 Å². The van der Waals surface area contributed by atoms with Crippen LogP contribution in [0, 0.1) is 0 Å². The van der Waals surface area contributed by atoms with Crippen molar-refractivity contribution < 1.29 is 9.53 Å². The van der Waals surface area contributed by atoms with Crippen LogP contribution >= 0.6 is 11.8 Å². The summed E-state index contributed by atoms with van der Waals surface area (Å²) < 4.78 is 5.88. The van der Waals surface area contributed by atoms with Gasteiger partial charge in [-0.2, -0.15) is 11.8 Å². The molecule has 0 bridgehead atoms. The lowest BCUT2D eigenvalue weighted by atomic mass is 9.88. The number of amides is 1. The summed E-state index contributed by atoms with van der Waals surface area (Å²) in [5.74, 6) is 2.74. The van der Waals surface area contributed by atoms with Crippen LogP contribution in [0.4, 0.5) is 0 Å². The number of piperidine rings is 1. The zero-order valence-electron chi connectivity index (χ0n) is 11.1. The molecule has 0 N–H and O–H groups in total. The third kappa shape index (κ3) is 2.40. The molecule has 5 heteroatoms. The van der Waals surface area contributed by atoms with Crippen LogP contribution in [-0.4, -0.2) is 72.1 Å². The Hall–Kier alpha value is -0.260. The van der Waals surface area contributed by atoms with Gasteiger partial charge in [0.15, 0.2) is 0 Å². The Kier molecular flexibility index (Phi) is 3.56. The molecule has 3 aliphatic heterocycles. The fraction of sp³-hybridized carbons (Fsp3) is 0.923. The van der Waals surface area contributed by atoms with Crippen molar-refractivity contribution in [2.45, 2.75) is 30.9 Å². The molecule has 1 spiro atoms. The summed E-state index contributed by atoms with van der Waals surface area (Å²) >= 11 is 2.08. The van der Waals surface area contributed by atoms with Crippen LogP contribution in [0.5, 0.6) is 0 Å². The van der Waals surface area contributed by atoms with Gasteiger partial charge in [-0.3, -0.25) is 9.69 Å². The number of carbonyl (C=O) groups is 1. The van der Waals surface area contributed by atoms with E-state index in [-0.39, 0.29) is 18.1 Å². The zero-order chi connectivity index (χ0) is 12.6. The first-order chi connectivity index (χ1) is 8.69. The predicted molar refractivity (Wildman–Crippen MR) is 72.9 cm³/mol. The number of ether oxygens (including phenoxy) is 1. The molecule has 0 aromatic carbocycles. The van der Waals surface area contributed by atoms with Crippen molar-refractivity contribution in [3.63, 3.8) is 0 Å². The molecular weight excluding hydrogens is 248 g/mol. The third-order valence-corrected chi connectivity index (χ3v) is 5.73. The van der Waals surface area contributed by atoms with E-state index in [0.29, 0.717) is 0 Å². The van der Waals surface area contributed by atoms with Gasteiger partial charge in [0.2, 0.25) is 5.91 Å². The highest BCUT2D eigenvalue weighted by molar-refractivity contribution is 7.99. The molecule has 4 nitrogen and oxygen atoms in total. The summed E-state index contributed by atoms with van der Waals surface area (Å²) in [5.41, 5.74) is -0.0507. The number of rotatable bonds is 1. The minimum atomic E-state index is -0.0507. The Bertz CT molecular complexity index is 323. The van der Waals surface area contributed by atoms with Gasteiger partial charge < -0.3 is 9.64 Å². The first-order valence-corrected chi connectivity index (χ1v) is 8.04. The second-order valence-electron chi connectivity index (χ2n) is 5.77. The highest BCUT2D eigenvalue weighted by atomic mass is 32.2. The normalized spacial score (nSPS) is 33.3.